The van der Waals surface area contributed by atoms with Crippen LogP contribution < -0.4 is 10.1 Å². The van der Waals surface area contributed by atoms with Crippen molar-refractivity contribution in [2.24, 2.45) is 0 Å². The number of hydrogen-bond acceptors (Lipinski definition) is 5. The van der Waals surface area contributed by atoms with Crippen molar-refractivity contribution in [2.75, 3.05) is 38.2 Å². The molecule has 7 nitrogen and oxygen atoms in total. The second kappa shape index (κ2) is 9.95. The van der Waals surface area contributed by atoms with Crippen molar-refractivity contribution in [1.29, 1.82) is 0 Å². The van der Waals surface area contributed by atoms with Gasteiger partial charge in [0.1, 0.15) is 5.75 Å². The number of carbonyl (C=O) groups excluding carboxylic acids is 1. The summed E-state index contributed by atoms with van der Waals surface area (Å²) < 4.78 is 38.1. The average Bonchev–Trinajstić information content (AvgIpc) is 2.84. The van der Waals surface area contributed by atoms with Gasteiger partial charge in [-0.05, 0) is 29.8 Å². The van der Waals surface area contributed by atoms with Crippen LogP contribution in [0.3, 0.4) is 0 Å². The van der Waals surface area contributed by atoms with Gasteiger partial charge in [0.2, 0.25) is 10.0 Å². The van der Waals surface area contributed by atoms with Crippen LogP contribution in [-0.2, 0) is 19.6 Å². The minimum atomic E-state index is -3.64. The highest BCUT2D eigenvalue weighted by atomic mass is 32.2. The Morgan fingerprint density at radius 3 is 2.44 bits per heavy atom. The van der Waals surface area contributed by atoms with Crippen LogP contribution in [0.2, 0.25) is 0 Å². The van der Waals surface area contributed by atoms with Gasteiger partial charge in [-0.25, -0.2) is 8.42 Å². The zero-order valence-electron chi connectivity index (χ0n) is 17.4. The molecule has 1 heterocycles. The standard InChI is InChI=1S/C24H24N2O5S/c27-24(18-31-23-12-5-4-11-22(23)19-7-2-1-3-8-19)25-20-9-6-10-21(17-20)32(28,29)26-13-15-30-16-14-26/h1-12,17H,13-16,18H2,(H,25,27). The molecule has 0 aromatic heterocycles. The highest BCUT2D eigenvalue weighted by Crippen LogP contribution is 2.29. The lowest BCUT2D eigenvalue weighted by Gasteiger charge is -2.26. The van der Waals surface area contributed by atoms with E-state index in [9.17, 15) is 13.2 Å². The van der Waals surface area contributed by atoms with E-state index in [0.29, 0.717) is 37.7 Å². The Hall–Kier alpha value is -3.20. The summed E-state index contributed by atoms with van der Waals surface area (Å²) in [5.74, 6) is 0.214. The summed E-state index contributed by atoms with van der Waals surface area (Å²) >= 11 is 0. The fraction of sp³-hybridized carbons (Fsp3) is 0.208. The minimum Gasteiger partial charge on any atom is -0.483 e. The predicted octanol–water partition coefficient (Wildman–Crippen LogP) is 3.39. The molecule has 0 unspecified atom stereocenters. The molecular weight excluding hydrogens is 428 g/mol. The van der Waals surface area contributed by atoms with Crippen LogP contribution in [0.4, 0.5) is 5.69 Å². The van der Waals surface area contributed by atoms with Crippen molar-refractivity contribution >= 4 is 21.6 Å². The van der Waals surface area contributed by atoms with Crippen molar-refractivity contribution in [3.05, 3.63) is 78.9 Å². The van der Waals surface area contributed by atoms with E-state index in [-0.39, 0.29) is 17.4 Å². The number of sulfonamides is 1. The molecule has 32 heavy (non-hydrogen) atoms. The molecule has 0 atom stereocenters. The molecule has 0 aliphatic carbocycles. The van der Waals surface area contributed by atoms with Crippen LogP contribution in [0.15, 0.2) is 83.8 Å². The fourth-order valence-corrected chi connectivity index (χ4v) is 4.91. The van der Waals surface area contributed by atoms with Gasteiger partial charge in [-0.3, -0.25) is 4.79 Å². The van der Waals surface area contributed by atoms with E-state index in [1.54, 1.807) is 12.1 Å². The second-order valence-electron chi connectivity index (χ2n) is 7.24. The van der Waals surface area contributed by atoms with Gasteiger partial charge in [0.05, 0.1) is 18.1 Å². The van der Waals surface area contributed by atoms with Crippen LogP contribution in [0, 0.1) is 0 Å². The number of anilines is 1. The van der Waals surface area contributed by atoms with Gasteiger partial charge >= 0.3 is 0 Å². The first-order valence-electron chi connectivity index (χ1n) is 10.3. The maximum absolute atomic E-state index is 12.8. The average molecular weight is 453 g/mol. The number of nitrogens with zero attached hydrogens (tertiary/aromatic N) is 1. The Labute approximate surface area is 187 Å². The third kappa shape index (κ3) is 5.16. The first-order chi connectivity index (χ1) is 15.5. The molecule has 0 radical (unpaired) electrons. The summed E-state index contributed by atoms with van der Waals surface area (Å²) in [4.78, 5) is 12.6. The first kappa shape index (κ1) is 22.0. The number of nitrogens with one attached hydrogen (secondary N) is 1. The number of ether oxygens (including phenoxy) is 2. The largest absolute Gasteiger partial charge is 0.483 e. The van der Waals surface area contributed by atoms with Crippen molar-refractivity contribution in [2.45, 2.75) is 4.90 Å². The summed E-state index contributed by atoms with van der Waals surface area (Å²) in [6.45, 7) is 1.17. The first-order valence-corrected chi connectivity index (χ1v) is 11.7. The number of para-hydroxylation sites is 1. The van der Waals surface area contributed by atoms with Crippen LogP contribution in [0.25, 0.3) is 11.1 Å². The van der Waals surface area contributed by atoms with Gasteiger partial charge in [-0.2, -0.15) is 4.31 Å². The minimum absolute atomic E-state index is 0.132. The molecule has 0 saturated carbocycles. The normalized spacial score (nSPS) is 14.6. The van der Waals surface area contributed by atoms with Crippen molar-refractivity contribution < 1.29 is 22.7 Å². The fourth-order valence-electron chi connectivity index (χ4n) is 3.46. The monoisotopic (exact) mass is 452 g/mol. The van der Waals surface area contributed by atoms with Gasteiger partial charge in [0.15, 0.2) is 6.61 Å². The summed E-state index contributed by atoms with van der Waals surface area (Å²) in [5.41, 5.74) is 2.27. The highest BCUT2D eigenvalue weighted by Gasteiger charge is 2.26. The number of benzene rings is 3. The number of amides is 1. The van der Waals surface area contributed by atoms with Crippen LogP contribution in [0.5, 0.6) is 5.75 Å². The van der Waals surface area contributed by atoms with Crippen LogP contribution in [0.1, 0.15) is 0 Å². The highest BCUT2D eigenvalue weighted by molar-refractivity contribution is 7.89. The van der Waals surface area contributed by atoms with E-state index in [4.69, 9.17) is 9.47 Å². The molecule has 166 valence electrons. The molecule has 1 saturated heterocycles. The molecule has 1 amide bonds. The maximum Gasteiger partial charge on any atom is 0.262 e. The lowest BCUT2D eigenvalue weighted by Crippen LogP contribution is -2.40. The van der Waals surface area contributed by atoms with Gasteiger partial charge < -0.3 is 14.8 Å². The third-order valence-electron chi connectivity index (χ3n) is 5.06. The van der Waals surface area contributed by atoms with Gasteiger partial charge in [-0.1, -0.05) is 54.6 Å². The van der Waals surface area contributed by atoms with Gasteiger partial charge in [-0.15, -0.1) is 0 Å². The van der Waals surface area contributed by atoms with E-state index in [2.05, 4.69) is 5.32 Å². The topological polar surface area (TPSA) is 84.9 Å². The van der Waals surface area contributed by atoms with E-state index < -0.39 is 10.0 Å². The molecule has 1 aliphatic rings. The van der Waals surface area contributed by atoms with Gasteiger partial charge in [0.25, 0.3) is 5.91 Å². The van der Waals surface area contributed by atoms with E-state index in [0.717, 1.165) is 11.1 Å². The summed E-state index contributed by atoms with van der Waals surface area (Å²) in [5, 5.41) is 2.72. The van der Waals surface area contributed by atoms with E-state index >= 15 is 0 Å². The molecule has 8 heteroatoms. The Morgan fingerprint density at radius 1 is 0.938 bits per heavy atom. The van der Waals surface area contributed by atoms with Crippen LogP contribution in [-0.4, -0.2) is 51.5 Å². The van der Waals surface area contributed by atoms with Crippen molar-refractivity contribution in [3.63, 3.8) is 0 Å². The Kier molecular flexibility index (Phi) is 6.84. The summed E-state index contributed by atoms with van der Waals surface area (Å²) in [6, 6.07) is 23.5. The second-order valence-corrected chi connectivity index (χ2v) is 9.18. The summed E-state index contributed by atoms with van der Waals surface area (Å²) in [7, 11) is -3.64. The van der Waals surface area contributed by atoms with Crippen molar-refractivity contribution in [3.8, 4) is 16.9 Å². The molecule has 1 aliphatic heterocycles. The smallest absolute Gasteiger partial charge is 0.262 e. The Balaban J connectivity index is 1.42. The van der Waals surface area contributed by atoms with Crippen LogP contribution >= 0.6 is 0 Å². The molecular formula is C24H24N2O5S. The van der Waals surface area contributed by atoms with E-state index in [1.807, 2.05) is 54.6 Å². The number of rotatable bonds is 7. The van der Waals surface area contributed by atoms with Gasteiger partial charge in [0, 0.05) is 24.3 Å². The zero-order chi connectivity index (χ0) is 22.4. The van der Waals surface area contributed by atoms with E-state index in [1.165, 1.54) is 16.4 Å². The Bertz CT molecular complexity index is 1180. The molecule has 3 aromatic carbocycles. The summed E-state index contributed by atoms with van der Waals surface area (Å²) in [6.07, 6.45) is 0. The quantitative estimate of drug-likeness (QED) is 0.594. The lowest BCUT2D eigenvalue weighted by atomic mass is 10.1. The number of carbonyl (C=O) groups is 1. The number of morpholine rings is 1. The lowest BCUT2D eigenvalue weighted by molar-refractivity contribution is -0.118. The van der Waals surface area contributed by atoms with Crippen molar-refractivity contribution in [1.82, 2.24) is 4.31 Å². The third-order valence-corrected chi connectivity index (χ3v) is 6.95. The Morgan fingerprint density at radius 2 is 1.66 bits per heavy atom. The molecule has 0 bridgehead atoms. The SMILES string of the molecule is O=C(COc1ccccc1-c1ccccc1)Nc1cccc(S(=O)(=O)N2CCOCC2)c1. The molecule has 3 aromatic rings. The molecule has 0 spiro atoms. The predicted molar refractivity (Wildman–Crippen MR) is 122 cm³/mol. The maximum atomic E-state index is 12.8. The zero-order valence-corrected chi connectivity index (χ0v) is 18.3. The molecule has 1 N–H and O–H groups in total. The molecule has 1 fully saturated rings. The number of hydrogen-bond donors (Lipinski definition) is 1. The molecule has 4 rings (SSSR count).